The van der Waals surface area contributed by atoms with Crippen LogP contribution < -0.4 is 26.6 Å². The van der Waals surface area contributed by atoms with Crippen LogP contribution in [-0.4, -0.2) is 195 Å². The van der Waals surface area contributed by atoms with Crippen molar-refractivity contribution in [3.05, 3.63) is 226 Å². The molecule has 48 heteroatoms. The Morgan fingerprint density at radius 2 is 0.727 bits per heavy atom. The molecule has 15 aromatic rings. The molecule has 17 heterocycles. The summed E-state index contributed by atoms with van der Waals surface area (Å²) in [6.07, 6.45) is 8.68. The highest BCUT2D eigenvalue weighted by Gasteiger charge is 2.42. The van der Waals surface area contributed by atoms with E-state index in [-0.39, 0.29) is 63.6 Å². The Bertz CT molecular complexity index is 7370. The first-order chi connectivity index (χ1) is 71.4. The number of nitrogens with one attached hydrogen (secondary N) is 5. The lowest BCUT2D eigenvalue weighted by molar-refractivity contribution is -0.141. The van der Waals surface area contributed by atoms with Gasteiger partial charge in [0.15, 0.2) is 52.0 Å². The zero-order chi connectivity index (χ0) is 107. The Balaban J connectivity index is 0.000000122. The molecular formula is C102H111F11N32O5. The van der Waals surface area contributed by atoms with E-state index in [1.807, 2.05) is 51.1 Å². The molecule has 22 rings (SSSR count). The lowest BCUT2D eigenvalue weighted by atomic mass is 10.0. The number of alkyl halides is 9. The van der Waals surface area contributed by atoms with Crippen LogP contribution in [0.5, 0.6) is 0 Å². The van der Waals surface area contributed by atoms with Gasteiger partial charge in [0.05, 0.1) is 73.9 Å². The second kappa shape index (κ2) is 42.1. The zero-order valence-corrected chi connectivity index (χ0v) is 84.6. The highest BCUT2D eigenvalue weighted by molar-refractivity contribution is 5.81. The van der Waals surface area contributed by atoms with Gasteiger partial charge in [-0.15, -0.1) is 0 Å². The molecule has 150 heavy (non-hydrogen) atoms. The van der Waals surface area contributed by atoms with Gasteiger partial charge in [-0.2, -0.15) is 90.5 Å². The Morgan fingerprint density at radius 3 is 1.14 bits per heavy atom. The van der Waals surface area contributed by atoms with E-state index < -0.39 is 35.6 Å². The van der Waals surface area contributed by atoms with Gasteiger partial charge in [0.25, 0.3) is 0 Å². The molecule has 2 saturated carbocycles. The molecule has 12 aromatic heterocycles. The molecule has 0 bridgehead atoms. The summed E-state index contributed by atoms with van der Waals surface area (Å²) in [6.45, 7) is 15.3. The number of nitrogens with zero attached hydrogens (tertiary/aromatic N) is 27. The van der Waals surface area contributed by atoms with Crippen LogP contribution in [0.15, 0.2) is 141 Å². The van der Waals surface area contributed by atoms with E-state index in [4.69, 9.17) is 10.2 Å². The average Bonchev–Trinajstić information content (AvgIpc) is 1.62. The van der Waals surface area contributed by atoms with Crippen LogP contribution >= 0.6 is 0 Å². The number of pyridine rings is 2. The summed E-state index contributed by atoms with van der Waals surface area (Å²) in [5, 5.41) is 58.1. The molecule has 5 N–H and O–H groups in total. The first-order valence-corrected chi connectivity index (χ1v) is 48.7. The van der Waals surface area contributed by atoms with Crippen molar-refractivity contribution in [2.45, 2.75) is 157 Å². The Labute approximate surface area is 853 Å². The maximum absolute atomic E-state index is 15.3. The van der Waals surface area contributed by atoms with E-state index in [9.17, 15) is 67.9 Å². The summed E-state index contributed by atoms with van der Waals surface area (Å²) < 4.78 is 165. The molecule has 5 aliphatic heterocycles. The van der Waals surface area contributed by atoms with E-state index in [0.717, 1.165) is 120 Å². The Hall–Kier alpha value is -16.4. The van der Waals surface area contributed by atoms with Gasteiger partial charge in [-0.1, -0.05) is 24.3 Å². The zero-order valence-electron chi connectivity index (χ0n) is 84.6. The van der Waals surface area contributed by atoms with Crippen molar-refractivity contribution in [1.29, 1.82) is 0 Å². The number of aromatic nitrogens is 22. The van der Waals surface area contributed by atoms with E-state index in [1.54, 1.807) is 143 Å². The van der Waals surface area contributed by atoms with Gasteiger partial charge >= 0.3 is 18.5 Å². The van der Waals surface area contributed by atoms with E-state index in [1.165, 1.54) is 116 Å². The molecule has 0 spiro atoms. The number of hydrogen-bond acceptors (Lipinski definition) is 22. The van der Waals surface area contributed by atoms with E-state index >= 15 is 4.39 Å². The molecule has 0 radical (unpaired) electrons. The third kappa shape index (κ3) is 23.1. The predicted octanol–water partition coefficient (Wildman–Crippen LogP) is 16.2. The first kappa shape index (κ1) is 104. The summed E-state index contributed by atoms with van der Waals surface area (Å²) in [4.78, 5) is 76.5. The molecule has 2 aliphatic carbocycles. The van der Waals surface area contributed by atoms with Crippen molar-refractivity contribution in [2.24, 2.45) is 68.2 Å². The van der Waals surface area contributed by atoms with Crippen molar-refractivity contribution in [2.75, 3.05) is 59.3 Å². The SMILES string of the molecule is CC(=O)N1CCc2c(c(Nc3ccc(-c4cn(C)nc4C(F)(F)F)cn3)nn2C)C1.CC(=O)N1CCc2c(c(Nc3ccc(-c4cn(C)nc4C(F)(F)F)nc3)nn2C)C1.CC(=O)N1CCc2c(c(Nc3ccc(F)c(-c4cnn(C)c4)c3)nn2CC2CC2)C1.CC(=O)N1CCc2c(c(Nc3cccc(-c4cn(C)nc4C(F)(F)F)c3)nn2C)C1.CC(=O)N1CCc2c(c(Nc3cccc(-c4cnn(C)c4)c3F)nn2CC2CC2)C1. The third-order valence-corrected chi connectivity index (χ3v) is 27.3. The van der Waals surface area contributed by atoms with Gasteiger partial charge in [0.2, 0.25) is 29.5 Å². The lowest BCUT2D eigenvalue weighted by Gasteiger charge is -2.26. The van der Waals surface area contributed by atoms with Crippen LogP contribution in [-0.2, 0) is 177 Å². The summed E-state index contributed by atoms with van der Waals surface area (Å²) >= 11 is 0. The summed E-state index contributed by atoms with van der Waals surface area (Å²) in [5.41, 5.74) is 13.0. The number of aryl methyl sites for hydroxylation is 8. The normalized spacial score (nSPS) is 14.8. The van der Waals surface area contributed by atoms with Crippen molar-refractivity contribution >= 4 is 87.2 Å². The largest absolute Gasteiger partial charge is 0.435 e. The van der Waals surface area contributed by atoms with Crippen molar-refractivity contribution in [3.8, 4) is 55.8 Å². The number of rotatable bonds is 19. The number of carbonyl (C=O) groups excluding carboxylic acids is 5. The predicted molar refractivity (Wildman–Crippen MR) is 534 cm³/mol. The number of amides is 5. The fourth-order valence-corrected chi connectivity index (χ4v) is 19.2. The quantitative estimate of drug-likeness (QED) is 0.0469. The van der Waals surface area contributed by atoms with Gasteiger partial charge in [-0.05, 0) is 104 Å². The van der Waals surface area contributed by atoms with Crippen molar-refractivity contribution in [3.63, 3.8) is 0 Å². The number of halogens is 11. The molecule has 5 amide bonds. The topological polar surface area (TPSA) is 366 Å². The average molecular weight is 2070 g/mol. The third-order valence-electron chi connectivity index (χ3n) is 27.3. The lowest BCUT2D eigenvalue weighted by Crippen LogP contribution is -2.34. The minimum absolute atomic E-state index is 0.00147. The summed E-state index contributed by atoms with van der Waals surface area (Å²) in [6, 6.07) is 23.2. The molecular weight excluding hydrogens is 1960 g/mol. The molecule has 2 fully saturated rings. The van der Waals surface area contributed by atoms with Gasteiger partial charge in [-0.25, -0.2) is 13.8 Å². The molecule has 0 unspecified atom stereocenters. The highest BCUT2D eigenvalue weighted by atomic mass is 19.4. The van der Waals surface area contributed by atoms with Crippen molar-refractivity contribution in [1.82, 2.24) is 132 Å². The van der Waals surface area contributed by atoms with Gasteiger partial charge in [0.1, 0.15) is 11.6 Å². The Kier molecular flexibility index (Phi) is 29.1. The maximum Gasteiger partial charge on any atom is 0.435 e. The standard InChI is InChI=1S/2C22H25FN6O.C20H21F3N6O.2C19H20F3N7O/c1-14(30)28-8-7-21-19(13-28)22(26-29(21)11-15-3-4-15)25-17-5-6-20(23)18(9-17)16-10-24-27(2)12-16;1-14(30)28-9-8-20-18(13-28)22(26-29(20)11-15-6-7-15)25-19-5-3-4-17(21(19)23)16-10-24-27(2)12-16;1-12(30)29-8-7-17-16(11-29)19(26-28(17)3)24-14-6-4-5-13(9-14)15-10-27(2)25-18(15)20(21,22)23;1-11(30)29-7-6-16-14(10-29)18(26-28(16)3)24-12-4-5-15(23-8-12)13-9-27(2)25-17(13)19(20,21)22;1-11(30)29-7-6-15-14(10-29)18(26-28(15)3)24-16-5-4-12(8-23-16)13-9-27(2)25-17(13)19(20,21)22/h5-6,9-10,12,15H,3-4,7-8,11,13H2,1-2H3,(H,25,26);3-5,10,12,15H,6-9,11,13H2,1-2H3,(H,25,26);4-6,9-10H,7-8,11H2,1-3H3,(H,24,26);4-5,8-9H,6-7,10H2,1-3H3,(H,24,26);4-5,8-9H,6-7,10H2,1-3H3,(H,23,24,26). The number of carbonyl (C=O) groups is 5. The number of anilines is 10. The summed E-state index contributed by atoms with van der Waals surface area (Å²) in [5.74, 6) is 4.47. The number of benzene rings is 3. The van der Waals surface area contributed by atoms with Gasteiger partial charge < -0.3 is 51.1 Å². The molecule has 0 saturated heterocycles. The van der Waals surface area contributed by atoms with Crippen LogP contribution in [0.2, 0.25) is 0 Å². The minimum Gasteiger partial charge on any atom is -0.338 e. The molecule has 0 atom stereocenters. The maximum atomic E-state index is 15.3. The monoisotopic (exact) mass is 2070 g/mol. The highest BCUT2D eigenvalue weighted by Crippen LogP contribution is 2.45. The van der Waals surface area contributed by atoms with Gasteiger partial charge in [0, 0.05) is 313 Å². The van der Waals surface area contributed by atoms with Crippen LogP contribution in [0.3, 0.4) is 0 Å². The minimum atomic E-state index is -4.56. The van der Waals surface area contributed by atoms with Crippen LogP contribution in [0.1, 0.15) is 134 Å². The van der Waals surface area contributed by atoms with E-state index in [0.29, 0.717) is 158 Å². The van der Waals surface area contributed by atoms with Crippen LogP contribution in [0.25, 0.3) is 55.8 Å². The van der Waals surface area contributed by atoms with Crippen LogP contribution in [0, 0.1) is 23.5 Å². The first-order valence-electron chi connectivity index (χ1n) is 48.7. The molecule has 37 nitrogen and oxygen atoms in total. The van der Waals surface area contributed by atoms with Crippen molar-refractivity contribution < 1.29 is 72.3 Å². The number of hydrogen-bond donors (Lipinski definition) is 5. The smallest absolute Gasteiger partial charge is 0.338 e. The molecule has 3 aromatic carbocycles. The Morgan fingerprint density at radius 1 is 0.340 bits per heavy atom. The number of fused-ring (bicyclic) bond motifs is 5. The van der Waals surface area contributed by atoms with E-state index in [2.05, 4.69) is 86.7 Å². The summed E-state index contributed by atoms with van der Waals surface area (Å²) in [7, 11) is 13.5. The second-order valence-electron chi connectivity index (χ2n) is 38.4. The second-order valence-corrected chi connectivity index (χ2v) is 38.4. The fraction of sp³-hybridized carbons (Fsp3) is 0.382. The van der Waals surface area contributed by atoms with Crippen LogP contribution in [0.4, 0.5) is 106 Å². The fourth-order valence-electron chi connectivity index (χ4n) is 19.2. The van der Waals surface area contributed by atoms with Gasteiger partial charge in [-0.3, -0.25) is 75.8 Å². The molecule has 7 aliphatic rings. The molecule has 786 valence electrons.